The van der Waals surface area contributed by atoms with Crippen molar-refractivity contribution in [3.8, 4) is 11.5 Å². The van der Waals surface area contributed by atoms with Gasteiger partial charge in [-0.3, -0.25) is 4.79 Å². The van der Waals surface area contributed by atoms with Gasteiger partial charge < -0.3 is 19.7 Å². The quantitative estimate of drug-likeness (QED) is 0.936. The average Bonchev–Trinajstić information content (AvgIpc) is 3.10. The number of fused-ring (bicyclic) bond motifs is 1. The van der Waals surface area contributed by atoms with Crippen LogP contribution in [0, 0.1) is 0 Å². The molecule has 0 aromatic heterocycles. The molecule has 2 aliphatic heterocycles. The molecular formula is C19H20N2O3. The number of hydrogen-bond acceptors (Lipinski definition) is 4. The second-order valence-electron chi connectivity index (χ2n) is 6.12. The van der Waals surface area contributed by atoms with Crippen molar-refractivity contribution in [3.05, 3.63) is 48.0 Å². The molecule has 1 fully saturated rings. The van der Waals surface area contributed by atoms with Crippen LogP contribution in [-0.4, -0.2) is 25.8 Å². The molecule has 0 atom stereocenters. The summed E-state index contributed by atoms with van der Waals surface area (Å²) in [5.41, 5.74) is 2.53. The molecule has 0 unspecified atom stereocenters. The van der Waals surface area contributed by atoms with Gasteiger partial charge in [0.1, 0.15) is 0 Å². The SMILES string of the molecule is O=C(Nc1ccc2c(c1)OCO2)c1ccc(N2CCCCC2)cc1. The molecular weight excluding hydrogens is 304 g/mol. The van der Waals surface area contributed by atoms with Gasteiger partial charge in [-0.1, -0.05) is 0 Å². The van der Waals surface area contributed by atoms with E-state index in [1.807, 2.05) is 30.3 Å². The Hall–Kier alpha value is -2.69. The predicted octanol–water partition coefficient (Wildman–Crippen LogP) is 3.66. The van der Waals surface area contributed by atoms with Crippen LogP contribution in [0.1, 0.15) is 29.6 Å². The summed E-state index contributed by atoms with van der Waals surface area (Å²) in [6, 6.07) is 13.2. The zero-order valence-electron chi connectivity index (χ0n) is 13.5. The van der Waals surface area contributed by atoms with Gasteiger partial charge in [0.05, 0.1) is 0 Å². The highest BCUT2D eigenvalue weighted by atomic mass is 16.7. The normalized spacial score (nSPS) is 16.1. The van der Waals surface area contributed by atoms with Crippen molar-refractivity contribution in [2.45, 2.75) is 19.3 Å². The second-order valence-corrected chi connectivity index (χ2v) is 6.12. The number of benzene rings is 2. The van der Waals surface area contributed by atoms with Crippen LogP contribution in [0.5, 0.6) is 11.5 Å². The molecule has 2 aliphatic rings. The van der Waals surface area contributed by atoms with Gasteiger partial charge in [-0.25, -0.2) is 0 Å². The van der Waals surface area contributed by atoms with Crippen molar-refractivity contribution in [2.75, 3.05) is 30.1 Å². The highest BCUT2D eigenvalue weighted by molar-refractivity contribution is 6.04. The largest absolute Gasteiger partial charge is 0.454 e. The van der Waals surface area contributed by atoms with Crippen molar-refractivity contribution in [3.63, 3.8) is 0 Å². The predicted molar refractivity (Wildman–Crippen MR) is 93.0 cm³/mol. The Morgan fingerprint density at radius 3 is 2.46 bits per heavy atom. The summed E-state index contributed by atoms with van der Waals surface area (Å²) < 4.78 is 10.6. The molecule has 24 heavy (non-hydrogen) atoms. The van der Waals surface area contributed by atoms with Gasteiger partial charge in [0.15, 0.2) is 11.5 Å². The van der Waals surface area contributed by atoms with E-state index in [1.165, 1.54) is 24.9 Å². The van der Waals surface area contributed by atoms with Crippen LogP contribution in [-0.2, 0) is 0 Å². The van der Waals surface area contributed by atoms with E-state index in [0.717, 1.165) is 13.1 Å². The van der Waals surface area contributed by atoms with Gasteiger partial charge in [-0.15, -0.1) is 0 Å². The first-order valence-corrected chi connectivity index (χ1v) is 8.36. The van der Waals surface area contributed by atoms with Crippen molar-refractivity contribution in [2.24, 2.45) is 0 Å². The lowest BCUT2D eigenvalue weighted by atomic mass is 10.1. The number of carbonyl (C=O) groups excluding carboxylic acids is 1. The lowest BCUT2D eigenvalue weighted by Gasteiger charge is -2.28. The van der Waals surface area contributed by atoms with Crippen molar-refractivity contribution >= 4 is 17.3 Å². The molecule has 2 aromatic rings. The molecule has 0 radical (unpaired) electrons. The summed E-state index contributed by atoms with van der Waals surface area (Å²) in [6.45, 7) is 2.43. The number of nitrogens with one attached hydrogen (secondary N) is 1. The molecule has 0 saturated carbocycles. The van der Waals surface area contributed by atoms with E-state index in [0.29, 0.717) is 22.7 Å². The minimum atomic E-state index is -0.126. The Balaban J connectivity index is 1.44. The number of amides is 1. The maximum absolute atomic E-state index is 12.4. The number of nitrogens with zero attached hydrogens (tertiary/aromatic N) is 1. The third kappa shape index (κ3) is 3.02. The molecule has 124 valence electrons. The van der Waals surface area contributed by atoms with E-state index < -0.39 is 0 Å². The van der Waals surface area contributed by atoms with Crippen LogP contribution in [0.2, 0.25) is 0 Å². The smallest absolute Gasteiger partial charge is 0.255 e. The van der Waals surface area contributed by atoms with Crippen LogP contribution in [0.15, 0.2) is 42.5 Å². The molecule has 0 spiro atoms. The Labute approximate surface area is 141 Å². The zero-order valence-corrected chi connectivity index (χ0v) is 13.5. The first kappa shape index (κ1) is 14.9. The Morgan fingerprint density at radius 1 is 0.917 bits per heavy atom. The maximum atomic E-state index is 12.4. The number of rotatable bonds is 3. The molecule has 5 nitrogen and oxygen atoms in total. The molecule has 0 aliphatic carbocycles. The highest BCUT2D eigenvalue weighted by Crippen LogP contribution is 2.34. The first-order chi connectivity index (χ1) is 11.8. The molecule has 1 amide bonds. The van der Waals surface area contributed by atoms with Gasteiger partial charge in [-0.05, 0) is 55.7 Å². The average molecular weight is 324 g/mol. The number of hydrogen-bond donors (Lipinski definition) is 1. The van der Waals surface area contributed by atoms with E-state index in [4.69, 9.17) is 9.47 Å². The summed E-state index contributed by atoms with van der Waals surface area (Å²) >= 11 is 0. The van der Waals surface area contributed by atoms with Crippen LogP contribution in [0.3, 0.4) is 0 Å². The lowest BCUT2D eigenvalue weighted by Crippen LogP contribution is -2.29. The number of ether oxygens (including phenoxy) is 2. The Kier molecular flexibility index (Phi) is 3.99. The Bertz CT molecular complexity index is 737. The van der Waals surface area contributed by atoms with Crippen molar-refractivity contribution in [1.82, 2.24) is 0 Å². The topological polar surface area (TPSA) is 50.8 Å². The van der Waals surface area contributed by atoms with E-state index in [1.54, 1.807) is 12.1 Å². The van der Waals surface area contributed by atoms with E-state index >= 15 is 0 Å². The molecule has 0 bridgehead atoms. The first-order valence-electron chi connectivity index (χ1n) is 8.36. The second kappa shape index (κ2) is 6.43. The molecule has 4 rings (SSSR count). The maximum Gasteiger partial charge on any atom is 0.255 e. The van der Waals surface area contributed by atoms with Gasteiger partial charge in [0, 0.05) is 36.1 Å². The summed E-state index contributed by atoms with van der Waals surface area (Å²) in [4.78, 5) is 14.8. The highest BCUT2D eigenvalue weighted by Gasteiger charge is 2.15. The number of anilines is 2. The molecule has 5 heteroatoms. The van der Waals surface area contributed by atoms with Gasteiger partial charge >= 0.3 is 0 Å². The van der Waals surface area contributed by atoms with Crippen LogP contribution in [0.25, 0.3) is 0 Å². The minimum absolute atomic E-state index is 0.126. The summed E-state index contributed by atoms with van der Waals surface area (Å²) in [7, 11) is 0. The fourth-order valence-corrected chi connectivity index (χ4v) is 3.15. The van der Waals surface area contributed by atoms with Gasteiger partial charge in [-0.2, -0.15) is 0 Å². The summed E-state index contributed by atoms with van der Waals surface area (Å²) in [5, 5.41) is 2.90. The van der Waals surface area contributed by atoms with Crippen LogP contribution >= 0.6 is 0 Å². The van der Waals surface area contributed by atoms with Crippen LogP contribution in [0.4, 0.5) is 11.4 Å². The molecule has 2 aromatic carbocycles. The lowest BCUT2D eigenvalue weighted by molar-refractivity contribution is 0.102. The third-order valence-electron chi connectivity index (χ3n) is 4.48. The van der Waals surface area contributed by atoms with Crippen molar-refractivity contribution in [1.29, 1.82) is 0 Å². The van der Waals surface area contributed by atoms with Crippen LogP contribution < -0.4 is 19.7 Å². The molecule has 1 N–H and O–H groups in total. The van der Waals surface area contributed by atoms with Gasteiger partial charge in [0.2, 0.25) is 6.79 Å². The van der Waals surface area contributed by atoms with E-state index in [9.17, 15) is 4.79 Å². The van der Waals surface area contributed by atoms with E-state index in [-0.39, 0.29) is 12.7 Å². The fraction of sp³-hybridized carbons (Fsp3) is 0.316. The number of piperidine rings is 1. The monoisotopic (exact) mass is 324 g/mol. The fourth-order valence-electron chi connectivity index (χ4n) is 3.15. The summed E-state index contributed by atoms with van der Waals surface area (Å²) in [5.74, 6) is 1.24. The molecule has 1 saturated heterocycles. The van der Waals surface area contributed by atoms with Gasteiger partial charge in [0.25, 0.3) is 5.91 Å². The Morgan fingerprint density at radius 2 is 1.67 bits per heavy atom. The third-order valence-corrected chi connectivity index (χ3v) is 4.48. The standard InChI is InChI=1S/C19H20N2O3/c22-19(20-15-6-9-17-18(12-15)24-13-23-17)14-4-7-16(8-5-14)21-10-2-1-3-11-21/h4-9,12H,1-3,10-11,13H2,(H,20,22). The van der Waals surface area contributed by atoms with E-state index in [2.05, 4.69) is 10.2 Å². The number of carbonyl (C=O) groups is 1. The summed E-state index contributed by atoms with van der Waals surface area (Å²) in [6.07, 6.45) is 3.80. The molecule has 2 heterocycles. The minimum Gasteiger partial charge on any atom is -0.454 e. The van der Waals surface area contributed by atoms with Crippen molar-refractivity contribution < 1.29 is 14.3 Å². The zero-order chi connectivity index (χ0) is 16.4.